The maximum atomic E-state index is 14.0. The zero-order chi connectivity index (χ0) is 35.2. The van der Waals surface area contributed by atoms with Crippen molar-refractivity contribution in [1.29, 1.82) is 0 Å². The average molecular weight is 709 g/mol. The number of nitrogens with one attached hydrogen (secondary N) is 2. The Hall–Kier alpha value is -5.55. The molecular weight excluding hydrogens is 668 g/mol. The molecule has 12 heteroatoms. The van der Waals surface area contributed by atoms with Gasteiger partial charge in [0.1, 0.15) is 23.5 Å². The number of H-pyrrole nitrogens is 2. The van der Waals surface area contributed by atoms with E-state index in [1.165, 1.54) is 12.3 Å². The summed E-state index contributed by atoms with van der Waals surface area (Å²) >= 11 is 0. The Balaban J connectivity index is 0.000000397. The van der Waals surface area contributed by atoms with Crippen LogP contribution in [0.2, 0.25) is 0 Å². The van der Waals surface area contributed by atoms with Gasteiger partial charge in [-0.1, -0.05) is 74.0 Å². The molecule has 0 bridgehead atoms. The number of ether oxygens (including phenoxy) is 1. The number of aromatic amines is 2. The van der Waals surface area contributed by atoms with Gasteiger partial charge in [0.25, 0.3) is 11.1 Å². The maximum absolute atomic E-state index is 14.0. The normalized spacial score (nSPS) is 13.1. The van der Waals surface area contributed by atoms with Gasteiger partial charge in [0.05, 0.1) is 11.4 Å². The summed E-state index contributed by atoms with van der Waals surface area (Å²) in [5, 5.41) is 3.85. The van der Waals surface area contributed by atoms with Crippen LogP contribution in [-0.4, -0.2) is 35.8 Å². The number of fused-ring (bicyclic) bond motifs is 1. The molecule has 2 N–H and O–H groups in total. The van der Waals surface area contributed by atoms with E-state index in [0.29, 0.717) is 23.6 Å². The Morgan fingerprint density at radius 2 is 1.65 bits per heavy atom. The molecule has 7 rings (SSSR count). The molecule has 0 saturated carbocycles. The van der Waals surface area contributed by atoms with E-state index in [4.69, 9.17) is 14.2 Å². The fourth-order valence-corrected chi connectivity index (χ4v) is 6.26. The minimum atomic E-state index is -0.594. The van der Waals surface area contributed by atoms with E-state index in [1.54, 1.807) is 4.57 Å². The SMILES string of the molecule is CCCc1nc(C)n(-c2ccc3c(c2)CC(C)O3)c(=O)c1Cc1ccc(-c2ccccc2-c2noc(=O)[nH]2)cc1.CCCc1nccc(=O)[nH]1.Cl. The predicted octanol–water partition coefficient (Wildman–Crippen LogP) is 6.56. The Bertz CT molecular complexity index is 2290. The fraction of sp³-hybridized carbons (Fsp3) is 0.282. The molecular formula is C39H41ClN6O5. The molecule has 51 heavy (non-hydrogen) atoms. The van der Waals surface area contributed by atoms with Crippen LogP contribution in [0.3, 0.4) is 0 Å². The molecule has 6 aromatic rings. The van der Waals surface area contributed by atoms with E-state index in [0.717, 1.165) is 82.9 Å². The zero-order valence-corrected chi connectivity index (χ0v) is 29.9. The van der Waals surface area contributed by atoms with E-state index < -0.39 is 5.76 Å². The molecule has 3 aromatic heterocycles. The Labute approximate surface area is 301 Å². The number of benzene rings is 3. The molecule has 0 aliphatic carbocycles. The van der Waals surface area contributed by atoms with Crippen molar-refractivity contribution < 1.29 is 9.26 Å². The molecule has 1 aliphatic heterocycles. The van der Waals surface area contributed by atoms with Crippen LogP contribution < -0.4 is 21.6 Å². The summed E-state index contributed by atoms with van der Waals surface area (Å²) in [5.74, 6) is 2.13. The molecule has 0 spiro atoms. The second kappa shape index (κ2) is 16.4. The van der Waals surface area contributed by atoms with E-state index in [1.807, 2.05) is 80.6 Å². The molecule has 3 aromatic carbocycles. The first-order valence-corrected chi connectivity index (χ1v) is 16.9. The molecule has 4 heterocycles. The lowest BCUT2D eigenvalue weighted by Gasteiger charge is -2.16. The quantitative estimate of drug-likeness (QED) is 0.172. The molecule has 1 aliphatic rings. The Kier molecular flexibility index (Phi) is 11.8. The summed E-state index contributed by atoms with van der Waals surface area (Å²) in [6.45, 7) is 8.09. The van der Waals surface area contributed by atoms with Crippen molar-refractivity contribution >= 4 is 12.4 Å². The summed E-state index contributed by atoms with van der Waals surface area (Å²) in [6.07, 6.45) is 6.46. The molecule has 11 nitrogen and oxygen atoms in total. The van der Waals surface area contributed by atoms with Gasteiger partial charge in [-0.25, -0.2) is 14.8 Å². The lowest BCUT2D eigenvalue weighted by molar-refractivity contribution is 0.254. The highest BCUT2D eigenvalue weighted by molar-refractivity contribution is 5.85. The summed E-state index contributed by atoms with van der Waals surface area (Å²) < 4.78 is 12.3. The molecule has 0 amide bonds. The number of aromatic nitrogens is 6. The molecule has 0 fully saturated rings. The van der Waals surface area contributed by atoms with Gasteiger partial charge >= 0.3 is 5.76 Å². The van der Waals surface area contributed by atoms with Crippen molar-refractivity contribution in [3.8, 4) is 34.0 Å². The van der Waals surface area contributed by atoms with Gasteiger partial charge in [-0.3, -0.25) is 23.7 Å². The van der Waals surface area contributed by atoms with Crippen molar-refractivity contribution in [1.82, 2.24) is 29.7 Å². The Morgan fingerprint density at radius 1 is 0.902 bits per heavy atom. The van der Waals surface area contributed by atoms with Gasteiger partial charge in [-0.15, -0.1) is 12.4 Å². The number of halogens is 1. The minimum absolute atomic E-state index is 0. The second-order valence-corrected chi connectivity index (χ2v) is 12.4. The van der Waals surface area contributed by atoms with Crippen LogP contribution in [0.1, 0.15) is 67.6 Å². The second-order valence-electron chi connectivity index (χ2n) is 12.4. The van der Waals surface area contributed by atoms with Gasteiger partial charge in [-0.2, -0.15) is 0 Å². The maximum Gasteiger partial charge on any atom is 0.439 e. The van der Waals surface area contributed by atoms with Crippen molar-refractivity contribution in [2.75, 3.05) is 0 Å². The lowest BCUT2D eigenvalue weighted by Crippen LogP contribution is -2.28. The van der Waals surface area contributed by atoms with E-state index in [-0.39, 0.29) is 29.6 Å². The molecule has 1 atom stereocenters. The third-order valence-electron chi connectivity index (χ3n) is 8.53. The van der Waals surface area contributed by atoms with Crippen molar-refractivity contribution in [3.63, 3.8) is 0 Å². The summed E-state index contributed by atoms with van der Waals surface area (Å²) in [4.78, 5) is 50.3. The minimum Gasteiger partial charge on any atom is -0.490 e. The number of nitrogens with zero attached hydrogens (tertiary/aromatic N) is 4. The smallest absolute Gasteiger partial charge is 0.439 e. The third-order valence-corrected chi connectivity index (χ3v) is 8.53. The van der Waals surface area contributed by atoms with Crippen molar-refractivity contribution in [2.45, 2.75) is 72.3 Å². The molecule has 0 saturated heterocycles. The Morgan fingerprint density at radius 3 is 2.33 bits per heavy atom. The monoisotopic (exact) mass is 708 g/mol. The fourth-order valence-electron chi connectivity index (χ4n) is 6.26. The zero-order valence-electron chi connectivity index (χ0n) is 29.1. The van der Waals surface area contributed by atoms with Crippen LogP contribution in [-0.2, 0) is 25.7 Å². The van der Waals surface area contributed by atoms with Crippen molar-refractivity contribution in [2.24, 2.45) is 0 Å². The highest BCUT2D eigenvalue weighted by Gasteiger charge is 2.22. The first kappa shape index (κ1) is 36.7. The summed E-state index contributed by atoms with van der Waals surface area (Å²) in [7, 11) is 0. The first-order chi connectivity index (χ1) is 24.2. The average Bonchev–Trinajstić information content (AvgIpc) is 3.71. The predicted molar refractivity (Wildman–Crippen MR) is 199 cm³/mol. The van der Waals surface area contributed by atoms with Gasteiger partial charge in [0.15, 0.2) is 5.82 Å². The largest absolute Gasteiger partial charge is 0.490 e. The van der Waals surface area contributed by atoms with Crippen LogP contribution in [0, 0.1) is 6.92 Å². The summed E-state index contributed by atoms with van der Waals surface area (Å²) in [6, 6.07) is 23.1. The molecule has 1 unspecified atom stereocenters. The number of hydrogen-bond donors (Lipinski definition) is 2. The summed E-state index contributed by atoms with van der Waals surface area (Å²) in [5.41, 5.74) is 7.05. The first-order valence-electron chi connectivity index (χ1n) is 16.9. The standard InChI is InChI=1S/C32H30N4O4.C7H10N2O.ClH/c1-4-7-28-27(31(37)36(20(3)33-28)24-14-15-29-23(18-24)16-19(2)39-29)17-21-10-12-22(13-11-21)25-8-5-6-9-26(25)30-34-32(38)40-35-30;1-2-3-6-8-5-4-7(10)9-6;/h5-6,8-15,18-19H,4,7,16-17H2,1-3H3,(H,34,35,38);4-5H,2-3H2,1H3,(H,8,9,10);1H. The van der Waals surface area contributed by atoms with Crippen LogP contribution >= 0.6 is 12.4 Å². The van der Waals surface area contributed by atoms with Crippen LogP contribution in [0.25, 0.3) is 28.2 Å². The van der Waals surface area contributed by atoms with Gasteiger partial charge < -0.3 is 9.72 Å². The topological polar surface area (TPSA) is 149 Å². The van der Waals surface area contributed by atoms with Gasteiger partial charge in [-0.05, 0) is 67.1 Å². The molecule has 0 radical (unpaired) electrons. The van der Waals surface area contributed by atoms with E-state index in [9.17, 15) is 14.4 Å². The van der Waals surface area contributed by atoms with Crippen molar-refractivity contribution in [3.05, 3.63) is 144 Å². The highest BCUT2D eigenvalue weighted by Crippen LogP contribution is 2.32. The van der Waals surface area contributed by atoms with Gasteiger partial charge in [0, 0.05) is 42.7 Å². The molecule has 264 valence electrons. The highest BCUT2D eigenvalue weighted by atomic mass is 35.5. The number of aryl methyl sites for hydroxylation is 3. The van der Waals surface area contributed by atoms with E-state index in [2.05, 4.69) is 34.0 Å². The van der Waals surface area contributed by atoms with Crippen LogP contribution in [0.15, 0.2) is 97.9 Å². The van der Waals surface area contributed by atoms with Crippen LogP contribution in [0.4, 0.5) is 0 Å². The van der Waals surface area contributed by atoms with Gasteiger partial charge in [0.2, 0.25) is 0 Å². The number of hydrogen-bond acceptors (Lipinski definition) is 8. The van der Waals surface area contributed by atoms with Crippen LogP contribution in [0.5, 0.6) is 5.75 Å². The third kappa shape index (κ3) is 8.43. The van der Waals surface area contributed by atoms with E-state index >= 15 is 0 Å². The lowest BCUT2D eigenvalue weighted by atomic mass is 9.96. The number of rotatable bonds is 9.